The van der Waals surface area contributed by atoms with Gasteiger partial charge in [0.05, 0.1) is 12.2 Å². The number of nitrogens with two attached hydrogens (primary N) is 1. The van der Waals surface area contributed by atoms with E-state index in [0.29, 0.717) is 37.9 Å². The lowest BCUT2D eigenvalue weighted by atomic mass is 9.95. The highest BCUT2D eigenvalue weighted by atomic mass is 16.3. The summed E-state index contributed by atoms with van der Waals surface area (Å²) in [4.78, 5) is 28.4. The van der Waals surface area contributed by atoms with Gasteiger partial charge in [-0.25, -0.2) is 9.59 Å². The zero-order chi connectivity index (χ0) is 36.7. The van der Waals surface area contributed by atoms with Crippen molar-refractivity contribution in [2.75, 3.05) is 26.2 Å². The van der Waals surface area contributed by atoms with Crippen molar-refractivity contribution in [2.45, 2.75) is 118 Å². The highest BCUT2D eigenvalue weighted by Crippen LogP contribution is 2.15. The number of benzene rings is 2. The van der Waals surface area contributed by atoms with Crippen LogP contribution in [0.15, 0.2) is 60.7 Å². The number of carbonyl (C=O) groups is 2. The quantitative estimate of drug-likeness (QED) is 0.167. The molecule has 0 heterocycles. The molecule has 0 spiro atoms. The topological polar surface area (TPSA) is 131 Å². The van der Waals surface area contributed by atoms with Crippen LogP contribution >= 0.6 is 0 Å². The molecule has 0 aromatic heterocycles. The highest BCUT2D eigenvalue weighted by Gasteiger charge is 2.26. The van der Waals surface area contributed by atoms with Gasteiger partial charge in [0.25, 0.3) is 0 Å². The molecule has 6 N–H and O–H groups in total. The summed E-state index contributed by atoms with van der Waals surface area (Å²) in [6.45, 7) is 23.8. The van der Waals surface area contributed by atoms with Crippen molar-refractivity contribution in [2.24, 2.45) is 23.5 Å². The molecule has 0 aliphatic heterocycles. The Bertz CT molecular complexity index is 1080. The van der Waals surface area contributed by atoms with Crippen LogP contribution < -0.4 is 16.4 Å². The molecular weight excluding hydrogens is 602 g/mol. The van der Waals surface area contributed by atoms with Crippen molar-refractivity contribution in [3.8, 4) is 0 Å². The number of rotatable bonds is 14. The van der Waals surface area contributed by atoms with Gasteiger partial charge in [0.2, 0.25) is 0 Å². The Hall–Kier alpha value is -3.14. The Morgan fingerprint density at radius 1 is 0.625 bits per heavy atom. The number of hydrogen-bond donors (Lipinski definition) is 5. The maximum atomic E-state index is 12.5. The first-order valence-corrected chi connectivity index (χ1v) is 17.5. The lowest BCUT2D eigenvalue weighted by Crippen LogP contribution is -2.53. The van der Waals surface area contributed by atoms with Crippen LogP contribution in [-0.2, 0) is 12.8 Å². The average Bonchev–Trinajstić information content (AvgIpc) is 2.95. The zero-order valence-corrected chi connectivity index (χ0v) is 31.7. The van der Waals surface area contributed by atoms with E-state index in [4.69, 9.17) is 5.73 Å². The lowest BCUT2D eigenvalue weighted by Gasteiger charge is -2.32. The van der Waals surface area contributed by atoms with Gasteiger partial charge in [0.1, 0.15) is 0 Å². The summed E-state index contributed by atoms with van der Waals surface area (Å²) in [5, 5.41) is 27.0. The molecule has 2 rings (SSSR count). The van der Waals surface area contributed by atoms with E-state index in [1.165, 1.54) is 5.56 Å². The van der Waals surface area contributed by atoms with E-state index >= 15 is 0 Å². The molecule has 4 atom stereocenters. The number of aliphatic hydroxyl groups excluding tert-OH is 2. The number of hydrogen-bond acceptors (Lipinski definition) is 5. The second-order valence-electron chi connectivity index (χ2n) is 16.1. The van der Waals surface area contributed by atoms with Gasteiger partial charge < -0.3 is 36.4 Å². The standard InChI is InChI=1S/C20H34N2O2.C19H33N3O2/c1-15(2)13-22(19(24)21-20(4,5)6)14-18(23)16(3)12-17-10-8-7-9-11-17;1-14(2)12-22(18(24)21-19(3,4)5)13-17(23)16(20)11-15-9-7-6-8-10-15/h7-11,15-16,18,23H,12-14H2,1-6H3,(H,21,24);6-10,14,16-17,23H,11-13,20H2,1-5H3,(H,21,24)/t16-,18+;16-,17+/m00/s1. The van der Waals surface area contributed by atoms with Crippen LogP contribution in [0, 0.1) is 17.8 Å². The van der Waals surface area contributed by atoms with E-state index in [9.17, 15) is 19.8 Å². The molecule has 0 saturated heterocycles. The van der Waals surface area contributed by atoms with Crippen LogP contribution in [0.2, 0.25) is 0 Å². The predicted octanol–water partition coefficient (Wildman–Crippen LogP) is 6.08. The first-order valence-electron chi connectivity index (χ1n) is 17.5. The van der Waals surface area contributed by atoms with E-state index in [1.54, 1.807) is 9.80 Å². The molecule has 0 radical (unpaired) electrons. The molecule has 0 aliphatic rings. The van der Waals surface area contributed by atoms with Crippen LogP contribution in [0.3, 0.4) is 0 Å². The number of aliphatic hydroxyl groups is 2. The summed E-state index contributed by atoms with van der Waals surface area (Å²) in [6, 6.07) is 19.3. The van der Waals surface area contributed by atoms with Crippen molar-refractivity contribution in [1.29, 1.82) is 0 Å². The molecule has 0 saturated carbocycles. The molecule has 0 unspecified atom stereocenters. The Morgan fingerprint density at radius 2 is 0.979 bits per heavy atom. The maximum Gasteiger partial charge on any atom is 0.317 e. The van der Waals surface area contributed by atoms with Crippen LogP contribution in [0.5, 0.6) is 0 Å². The van der Waals surface area contributed by atoms with Crippen molar-refractivity contribution in [3.05, 3.63) is 71.8 Å². The average molecular weight is 670 g/mol. The van der Waals surface area contributed by atoms with Crippen LogP contribution in [0.25, 0.3) is 0 Å². The fourth-order valence-electron chi connectivity index (χ4n) is 5.07. The Balaban J connectivity index is 0.000000480. The number of amides is 4. The minimum absolute atomic E-state index is 0.0875. The molecule has 2 aromatic rings. The van der Waals surface area contributed by atoms with E-state index in [1.807, 2.05) is 111 Å². The van der Waals surface area contributed by atoms with Crippen molar-refractivity contribution < 1.29 is 19.8 Å². The van der Waals surface area contributed by atoms with Gasteiger partial charge in [-0.3, -0.25) is 0 Å². The number of carbonyl (C=O) groups excluding carboxylic acids is 2. The molecule has 48 heavy (non-hydrogen) atoms. The Labute approximate surface area is 291 Å². The highest BCUT2D eigenvalue weighted by molar-refractivity contribution is 5.75. The van der Waals surface area contributed by atoms with Gasteiger partial charge >= 0.3 is 12.1 Å². The molecule has 9 nitrogen and oxygen atoms in total. The fourth-order valence-corrected chi connectivity index (χ4v) is 5.07. The van der Waals surface area contributed by atoms with Gasteiger partial charge in [0.15, 0.2) is 0 Å². The minimum atomic E-state index is -0.769. The second-order valence-corrected chi connectivity index (χ2v) is 16.1. The van der Waals surface area contributed by atoms with Gasteiger partial charge in [0, 0.05) is 43.3 Å². The SMILES string of the molecule is CC(C)CN(C[C@@H](O)[C@@H](C)Cc1ccccc1)C(=O)NC(C)(C)C.CC(C)CN(C[C@@H](O)[C@@H](N)Cc1ccccc1)C(=O)NC(C)(C)C. The van der Waals surface area contributed by atoms with Gasteiger partial charge in [-0.1, -0.05) is 95.3 Å². The van der Waals surface area contributed by atoms with Crippen molar-refractivity contribution in [1.82, 2.24) is 20.4 Å². The predicted molar refractivity (Wildman–Crippen MR) is 199 cm³/mol. The van der Waals surface area contributed by atoms with Crippen molar-refractivity contribution in [3.63, 3.8) is 0 Å². The van der Waals surface area contributed by atoms with Gasteiger partial charge in [-0.15, -0.1) is 0 Å². The molecule has 4 amide bonds. The van der Waals surface area contributed by atoms with Crippen LogP contribution in [0.4, 0.5) is 9.59 Å². The largest absolute Gasteiger partial charge is 0.391 e. The third kappa shape index (κ3) is 19.0. The van der Waals surface area contributed by atoms with Crippen molar-refractivity contribution >= 4 is 12.1 Å². The number of nitrogens with one attached hydrogen (secondary N) is 2. The summed E-state index contributed by atoms with van der Waals surface area (Å²) in [5.74, 6) is 0.755. The molecule has 2 aromatic carbocycles. The molecule has 0 aliphatic carbocycles. The Kier molecular flexibility index (Phi) is 18.2. The number of urea groups is 2. The van der Waals surface area contributed by atoms with E-state index in [-0.39, 0.29) is 35.6 Å². The summed E-state index contributed by atoms with van der Waals surface area (Å²) in [6.07, 6.45) is 0.0703. The zero-order valence-electron chi connectivity index (χ0n) is 31.7. The normalized spacial score (nSPS) is 14.3. The van der Waals surface area contributed by atoms with E-state index in [2.05, 4.69) is 36.6 Å². The van der Waals surface area contributed by atoms with E-state index < -0.39 is 18.2 Å². The molecule has 9 heteroatoms. The molecule has 0 bridgehead atoms. The fraction of sp³-hybridized carbons (Fsp3) is 0.641. The van der Waals surface area contributed by atoms with Crippen LogP contribution in [0.1, 0.15) is 87.3 Å². The van der Waals surface area contributed by atoms with Crippen LogP contribution in [-0.4, -0.2) is 87.6 Å². The summed E-state index contributed by atoms with van der Waals surface area (Å²) in [7, 11) is 0. The van der Waals surface area contributed by atoms with Gasteiger partial charge in [-0.2, -0.15) is 0 Å². The summed E-state index contributed by atoms with van der Waals surface area (Å²) >= 11 is 0. The summed E-state index contributed by atoms with van der Waals surface area (Å²) < 4.78 is 0. The molecular formula is C39H67N5O4. The monoisotopic (exact) mass is 670 g/mol. The first-order chi connectivity index (χ1) is 22.2. The maximum absolute atomic E-state index is 12.5. The minimum Gasteiger partial charge on any atom is -0.391 e. The van der Waals surface area contributed by atoms with Gasteiger partial charge in [-0.05, 0) is 83.3 Å². The molecule has 272 valence electrons. The second kappa shape index (κ2) is 20.4. The summed E-state index contributed by atoms with van der Waals surface area (Å²) in [5.41, 5.74) is 7.84. The third-order valence-electron chi connectivity index (χ3n) is 7.39. The first kappa shape index (κ1) is 42.9. The van der Waals surface area contributed by atoms with E-state index in [0.717, 1.165) is 12.0 Å². The smallest absolute Gasteiger partial charge is 0.317 e. The lowest BCUT2D eigenvalue weighted by molar-refractivity contribution is 0.0746. The Morgan fingerprint density at radius 3 is 1.33 bits per heavy atom. The third-order valence-corrected chi connectivity index (χ3v) is 7.39. The number of nitrogens with zero attached hydrogens (tertiary/aromatic N) is 2. The molecule has 0 fully saturated rings.